The highest BCUT2D eigenvalue weighted by atomic mass is 35.5. The molecule has 1 N–H and O–H groups in total. The predicted molar refractivity (Wildman–Crippen MR) is 80.9 cm³/mol. The van der Waals surface area contributed by atoms with Crippen LogP contribution in [0.3, 0.4) is 0 Å². The number of rotatable bonds is 2. The van der Waals surface area contributed by atoms with E-state index in [0.717, 1.165) is 22.6 Å². The second-order valence-electron chi connectivity index (χ2n) is 4.44. The molecule has 0 atom stereocenters. The Labute approximate surface area is 121 Å². The van der Waals surface area contributed by atoms with Gasteiger partial charge in [-0.25, -0.2) is 0 Å². The molecule has 1 heterocycles. The first-order valence-corrected chi connectivity index (χ1v) is 6.53. The highest BCUT2D eigenvalue weighted by Gasteiger charge is 2.24. The van der Waals surface area contributed by atoms with Gasteiger partial charge in [0.25, 0.3) is 5.91 Å². The van der Waals surface area contributed by atoms with Crippen molar-refractivity contribution >= 4 is 34.8 Å². The van der Waals surface area contributed by atoms with Gasteiger partial charge < -0.3 is 10.1 Å². The van der Waals surface area contributed by atoms with E-state index in [9.17, 15) is 4.79 Å². The SMILES string of the molecule is COc1ccccc1/C=C1\C(=O)Nc2cc(Cl)ccc21. The number of carbonyl (C=O) groups is 1. The van der Waals surface area contributed by atoms with Crippen molar-refractivity contribution in [3.8, 4) is 5.75 Å². The Bertz CT molecular complexity index is 722. The molecule has 0 saturated carbocycles. The van der Waals surface area contributed by atoms with Crippen molar-refractivity contribution < 1.29 is 9.53 Å². The largest absolute Gasteiger partial charge is 0.496 e. The minimum absolute atomic E-state index is 0.131. The van der Waals surface area contributed by atoms with Gasteiger partial charge in [0.2, 0.25) is 0 Å². The van der Waals surface area contributed by atoms with Crippen LogP contribution in [0.1, 0.15) is 11.1 Å². The van der Waals surface area contributed by atoms with Crippen molar-refractivity contribution in [2.75, 3.05) is 12.4 Å². The zero-order valence-corrected chi connectivity index (χ0v) is 11.6. The lowest BCUT2D eigenvalue weighted by molar-refractivity contribution is -0.110. The van der Waals surface area contributed by atoms with E-state index in [0.29, 0.717) is 10.6 Å². The van der Waals surface area contributed by atoms with Crippen molar-refractivity contribution in [1.82, 2.24) is 0 Å². The van der Waals surface area contributed by atoms with E-state index in [1.54, 1.807) is 19.2 Å². The first-order chi connectivity index (χ1) is 9.69. The van der Waals surface area contributed by atoms with Gasteiger partial charge in [0.15, 0.2) is 0 Å². The van der Waals surface area contributed by atoms with E-state index in [1.807, 2.05) is 36.4 Å². The Morgan fingerprint density at radius 3 is 2.80 bits per heavy atom. The van der Waals surface area contributed by atoms with E-state index in [4.69, 9.17) is 16.3 Å². The summed E-state index contributed by atoms with van der Waals surface area (Å²) in [5.74, 6) is 0.600. The Balaban J connectivity index is 2.11. The number of ether oxygens (including phenoxy) is 1. The standard InChI is InChI=1S/C16H12ClNO2/c1-20-15-5-3-2-4-10(15)8-13-12-7-6-11(17)9-14(12)18-16(13)19/h2-9H,1H3,(H,18,19)/b13-8-. The van der Waals surface area contributed by atoms with Crippen molar-refractivity contribution in [1.29, 1.82) is 0 Å². The first-order valence-electron chi connectivity index (χ1n) is 6.15. The third-order valence-electron chi connectivity index (χ3n) is 3.20. The van der Waals surface area contributed by atoms with Crippen LogP contribution in [0.4, 0.5) is 5.69 Å². The number of anilines is 1. The summed E-state index contributed by atoms with van der Waals surface area (Å²) < 4.78 is 5.30. The number of nitrogens with one attached hydrogen (secondary N) is 1. The summed E-state index contributed by atoms with van der Waals surface area (Å²) in [4.78, 5) is 12.1. The topological polar surface area (TPSA) is 38.3 Å². The normalized spacial score (nSPS) is 15.1. The summed E-state index contributed by atoms with van der Waals surface area (Å²) in [6.07, 6.45) is 1.83. The molecule has 0 spiro atoms. The van der Waals surface area contributed by atoms with Gasteiger partial charge in [0, 0.05) is 21.7 Å². The van der Waals surface area contributed by atoms with E-state index < -0.39 is 0 Å². The molecule has 0 bridgehead atoms. The molecule has 4 heteroatoms. The second-order valence-corrected chi connectivity index (χ2v) is 4.88. The lowest BCUT2D eigenvalue weighted by Crippen LogP contribution is -2.03. The van der Waals surface area contributed by atoms with Gasteiger partial charge in [0.05, 0.1) is 12.8 Å². The smallest absolute Gasteiger partial charge is 0.256 e. The van der Waals surface area contributed by atoms with Crippen LogP contribution in [0.15, 0.2) is 42.5 Å². The molecule has 0 saturated heterocycles. The number of fused-ring (bicyclic) bond motifs is 1. The van der Waals surface area contributed by atoms with Gasteiger partial charge in [-0.2, -0.15) is 0 Å². The van der Waals surface area contributed by atoms with Crippen LogP contribution >= 0.6 is 11.6 Å². The van der Waals surface area contributed by atoms with Crippen LogP contribution in [-0.2, 0) is 4.79 Å². The fourth-order valence-electron chi connectivity index (χ4n) is 2.25. The molecule has 3 rings (SSSR count). The molecule has 1 amide bonds. The van der Waals surface area contributed by atoms with Gasteiger partial charge in [-0.1, -0.05) is 35.9 Å². The maximum Gasteiger partial charge on any atom is 0.256 e. The number of hydrogen-bond acceptors (Lipinski definition) is 2. The molecule has 3 nitrogen and oxygen atoms in total. The lowest BCUT2D eigenvalue weighted by Gasteiger charge is -2.05. The van der Waals surface area contributed by atoms with Gasteiger partial charge in [-0.15, -0.1) is 0 Å². The van der Waals surface area contributed by atoms with Crippen LogP contribution in [0.5, 0.6) is 5.75 Å². The average molecular weight is 286 g/mol. The highest BCUT2D eigenvalue weighted by Crippen LogP contribution is 2.35. The summed E-state index contributed by atoms with van der Waals surface area (Å²) in [5, 5.41) is 3.41. The molecule has 0 radical (unpaired) electrons. The number of halogens is 1. The van der Waals surface area contributed by atoms with E-state index in [-0.39, 0.29) is 5.91 Å². The van der Waals surface area contributed by atoms with Crippen LogP contribution < -0.4 is 10.1 Å². The molecule has 100 valence electrons. The summed E-state index contributed by atoms with van der Waals surface area (Å²) >= 11 is 5.94. The molecule has 0 aliphatic carbocycles. The number of methoxy groups -OCH3 is 1. The van der Waals surface area contributed by atoms with Crippen molar-refractivity contribution in [2.24, 2.45) is 0 Å². The van der Waals surface area contributed by atoms with Crippen molar-refractivity contribution in [2.45, 2.75) is 0 Å². The maximum atomic E-state index is 12.1. The number of amides is 1. The Morgan fingerprint density at radius 1 is 1.20 bits per heavy atom. The first kappa shape index (κ1) is 12.8. The van der Waals surface area contributed by atoms with Crippen LogP contribution in [-0.4, -0.2) is 13.0 Å². The lowest BCUT2D eigenvalue weighted by atomic mass is 10.0. The minimum Gasteiger partial charge on any atom is -0.496 e. The quantitative estimate of drug-likeness (QED) is 0.851. The molecule has 1 aliphatic rings. The number of para-hydroxylation sites is 1. The fraction of sp³-hybridized carbons (Fsp3) is 0.0625. The fourth-order valence-corrected chi connectivity index (χ4v) is 2.42. The predicted octanol–water partition coefficient (Wildman–Crippen LogP) is 3.84. The van der Waals surface area contributed by atoms with Crippen LogP contribution in [0.25, 0.3) is 11.6 Å². The van der Waals surface area contributed by atoms with Crippen molar-refractivity contribution in [3.63, 3.8) is 0 Å². The molecule has 0 aromatic heterocycles. The third kappa shape index (κ3) is 2.17. The number of carbonyl (C=O) groups excluding carboxylic acids is 1. The molecular weight excluding hydrogens is 274 g/mol. The molecule has 0 unspecified atom stereocenters. The molecule has 1 aliphatic heterocycles. The zero-order valence-electron chi connectivity index (χ0n) is 10.8. The van der Waals surface area contributed by atoms with Crippen LogP contribution in [0.2, 0.25) is 5.02 Å². The van der Waals surface area contributed by atoms with Crippen LogP contribution in [0, 0.1) is 0 Å². The average Bonchev–Trinajstić information content (AvgIpc) is 2.75. The molecular formula is C16H12ClNO2. The van der Waals surface area contributed by atoms with E-state index in [2.05, 4.69) is 5.32 Å². The Hall–Kier alpha value is -2.26. The zero-order chi connectivity index (χ0) is 14.1. The number of hydrogen-bond donors (Lipinski definition) is 1. The summed E-state index contributed by atoms with van der Waals surface area (Å²) in [6.45, 7) is 0. The Morgan fingerprint density at radius 2 is 2.00 bits per heavy atom. The second kappa shape index (κ2) is 5.02. The maximum absolute atomic E-state index is 12.1. The monoisotopic (exact) mass is 285 g/mol. The van der Waals surface area contributed by atoms with E-state index in [1.165, 1.54) is 0 Å². The van der Waals surface area contributed by atoms with Crippen molar-refractivity contribution in [3.05, 3.63) is 58.6 Å². The molecule has 2 aromatic carbocycles. The minimum atomic E-state index is -0.131. The van der Waals surface area contributed by atoms with E-state index >= 15 is 0 Å². The molecule has 20 heavy (non-hydrogen) atoms. The van der Waals surface area contributed by atoms with Gasteiger partial charge >= 0.3 is 0 Å². The molecule has 0 fully saturated rings. The third-order valence-corrected chi connectivity index (χ3v) is 3.44. The van der Waals surface area contributed by atoms with Gasteiger partial charge in [-0.3, -0.25) is 4.79 Å². The van der Waals surface area contributed by atoms with Gasteiger partial charge in [-0.05, 0) is 24.3 Å². The molecule has 2 aromatic rings. The summed E-state index contributed by atoms with van der Waals surface area (Å²) in [6, 6.07) is 12.9. The highest BCUT2D eigenvalue weighted by molar-refractivity contribution is 6.36. The number of benzene rings is 2. The van der Waals surface area contributed by atoms with Gasteiger partial charge in [0.1, 0.15) is 5.75 Å². The Kier molecular flexibility index (Phi) is 3.20. The summed E-state index contributed by atoms with van der Waals surface area (Å²) in [5.41, 5.74) is 3.07. The summed E-state index contributed by atoms with van der Waals surface area (Å²) in [7, 11) is 1.61.